The molecule has 0 saturated heterocycles. The third-order valence-electron chi connectivity index (χ3n) is 11.5. The van der Waals surface area contributed by atoms with Crippen LogP contribution in [-0.2, 0) is 0 Å². The summed E-state index contributed by atoms with van der Waals surface area (Å²) >= 11 is 1.86. The van der Waals surface area contributed by atoms with E-state index in [1.165, 1.54) is 86.2 Å². The van der Waals surface area contributed by atoms with Crippen LogP contribution in [0.25, 0.3) is 86.2 Å². The minimum Gasteiger partial charge on any atom is -0.310 e. The minimum atomic E-state index is 1.10. The summed E-state index contributed by atoms with van der Waals surface area (Å²) in [5.41, 5.74) is 13.0. The largest absolute Gasteiger partial charge is 0.310 e. The predicted molar refractivity (Wildman–Crippen MR) is 251 cm³/mol. The van der Waals surface area contributed by atoms with Gasteiger partial charge < -0.3 is 4.90 Å². The monoisotopic (exact) mass is 755 g/mol. The van der Waals surface area contributed by atoms with E-state index in [1.54, 1.807) is 0 Å². The molecular weight excluding hydrogens is 719 g/mol. The predicted octanol–water partition coefficient (Wildman–Crippen LogP) is 16.5. The van der Waals surface area contributed by atoms with Crippen molar-refractivity contribution in [2.45, 2.75) is 0 Å². The highest BCUT2D eigenvalue weighted by Gasteiger charge is 2.19. The van der Waals surface area contributed by atoms with Gasteiger partial charge in [0.1, 0.15) is 0 Å². The van der Waals surface area contributed by atoms with Crippen molar-refractivity contribution in [3.63, 3.8) is 0 Å². The van der Waals surface area contributed by atoms with Crippen LogP contribution in [0.1, 0.15) is 0 Å². The van der Waals surface area contributed by atoms with Crippen LogP contribution in [0.5, 0.6) is 0 Å². The van der Waals surface area contributed by atoms with Crippen LogP contribution in [0.4, 0.5) is 17.1 Å². The zero-order valence-electron chi connectivity index (χ0n) is 31.7. The van der Waals surface area contributed by atoms with Gasteiger partial charge in [-0.1, -0.05) is 182 Å². The van der Waals surface area contributed by atoms with Gasteiger partial charge in [-0.05, 0) is 103 Å². The van der Waals surface area contributed by atoms with Crippen molar-refractivity contribution < 1.29 is 0 Å². The molecule has 58 heavy (non-hydrogen) atoms. The average Bonchev–Trinajstić information content (AvgIpc) is 3.67. The van der Waals surface area contributed by atoms with Crippen LogP contribution in [0, 0.1) is 0 Å². The number of nitrogens with zero attached hydrogens (tertiary/aromatic N) is 1. The third-order valence-corrected chi connectivity index (χ3v) is 12.6. The molecule has 1 heterocycles. The molecule has 0 unspecified atom stereocenters. The fraction of sp³-hybridized carbons (Fsp3) is 0. The van der Waals surface area contributed by atoms with Crippen LogP contribution in [0.3, 0.4) is 0 Å². The van der Waals surface area contributed by atoms with Crippen molar-refractivity contribution >= 4 is 70.1 Å². The van der Waals surface area contributed by atoms with Crippen molar-refractivity contribution in [1.29, 1.82) is 0 Å². The maximum absolute atomic E-state index is 2.41. The van der Waals surface area contributed by atoms with Crippen LogP contribution in [0.2, 0.25) is 0 Å². The van der Waals surface area contributed by atoms with E-state index in [-0.39, 0.29) is 0 Å². The summed E-state index contributed by atoms with van der Waals surface area (Å²) in [5, 5.41) is 7.64. The van der Waals surface area contributed by atoms with Gasteiger partial charge in [0.05, 0.1) is 5.69 Å². The van der Waals surface area contributed by atoms with Crippen molar-refractivity contribution in [2.75, 3.05) is 4.90 Å². The van der Waals surface area contributed by atoms with Gasteiger partial charge in [0.25, 0.3) is 0 Å². The summed E-state index contributed by atoms with van der Waals surface area (Å²) in [6.07, 6.45) is 0. The molecule has 0 saturated carbocycles. The summed E-state index contributed by atoms with van der Waals surface area (Å²) in [6.45, 7) is 0. The third kappa shape index (κ3) is 5.94. The molecule has 1 aromatic heterocycles. The summed E-state index contributed by atoms with van der Waals surface area (Å²) in [7, 11) is 0. The normalized spacial score (nSPS) is 11.4. The lowest BCUT2D eigenvalue weighted by molar-refractivity contribution is 1.28. The molecule has 0 aliphatic heterocycles. The molecule has 272 valence electrons. The Morgan fingerprint density at radius 2 is 0.741 bits per heavy atom. The van der Waals surface area contributed by atoms with Gasteiger partial charge in [-0.15, -0.1) is 11.3 Å². The van der Waals surface area contributed by atoms with E-state index >= 15 is 0 Å². The Balaban J connectivity index is 1.04. The second-order valence-electron chi connectivity index (χ2n) is 14.9. The Labute approximate surface area is 342 Å². The van der Waals surface area contributed by atoms with E-state index in [2.05, 4.69) is 229 Å². The van der Waals surface area contributed by atoms with Crippen molar-refractivity contribution in [3.05, 3.63) is 224 Å². The second-order valence-corrected chi connectivity index (χ2v) is 15.9. The molecule has 0 N–H and O–H groups in total. The van der Waals surface area contributed by atoms with Gasteiger partial charge in [0.15, 0.2) is 0 Å². The summed E-state index contributed by atoms with van der Waals surface area (Å²) < 4.78 is 2.62. The van der Waals surface area contributed by atoms with E-state index in [1.807, 2.05) is 11.3 Å². The highest BCUT2D eigenvalue weighted by Crippen LogP contribution is 2.45. The SMILES string of the molecule is c1ccc(-c2cccc3ccccc23)c(-c2ccc(N(c3ccc(-c4cccc5ccccc45)cc3)c3ccccc3-c3ccc4c(c3)sc3ccccc34)cc2)c1. The molecule has 2 heteroatoms. The van der Waals surface area contributed by atoms with Crippen LogP contribution < -0.4 is 4.90 Å². The fourth-order valence-corrected chi connectivity index (χ4v) is 9.87. The van der Waals surface area contributed by atoms with Gasteiger partial charge in [0, 0.05) is 37.1 Å². The van der Waals surface area contributed by atoms with E-state index in [0.717, 1.165) is 17.1 Å². The lowest BCUT2D eigenvalue weighted by atomic mass is 9.91. The van der Waals surface area contributed by atoms with Crippen LogP contribution in [0.15, 0.2) is 224 Å². The summed E-state index contributed by atoms with van der Waals surface area (Å²) in [6, 6.07) is 81.9. The van der Waals surface area contributed by atoms with E-state index < -0.39 is 0 Å². The zero-order valence-corrected chi connectivity index (χ0v) is 32.5. The van der Waals surface area contributed by atoms with Crippen LogP contribution in [-0.4, -0.2) is 0 Å². The lowest BCUT2D eigenvalue weighted by Gasteiger charge is -2.28. The molecule has 0 spiro atoms. The number of anilines is 3. The summed E-state index contributed by atoms with van der Waals surface area (Å²) in [5.74, 6) is 0. The quantitative estimate of drug-likeness (QED) is 0.157. The number of benzene rings is 10. The molecule has 11 rings (SSSR count). The van der Waals surface area contributed by atoms with Gasteiger partial charge in [-0.3, -0.25) is 0 Å². The van der Waals surface area contributed by atoms with Gasteiger partial charge in [0.2, 0.25) is 0 Å². The van der Waals surface area contributed by atoms with Gasteiger partial charge in [-0.25, -0.2) is 0 Å². The zero-order chi connectivity index (χ0) is 38.4. The van der Waals surface area contributed by atoms with Gasteiger partial charge >= 0.3 is 0 Å². The smallest absolute Gasteiger partial charge is 0.0540 e. The lowest BCUT2D eigenvalue weighted by Crippen LogP contribution is -2.11. The molecule has 0 atom stereocenters. The van der Waals surface area contributed by atoms with Gasteiger partial charge in [-0.2, -0.15) is 0 Å². The molecule has 10 aromatic carbocycles. The number of thiophene rings is 1. The maximum atomic E-state index is 2.41. The molecule has 0 fully saturated rings. The first-order valence-corrected chi connectivity index (χ1v) is 20.7. The fourth-order valence-electron chi connectivity index (χ4n) is 8.72. The van der Waals surface area contributed by atoms with Crippen molar-refractivity contribution in [3.8, 4) is 44.5 Å². The van der Waals surface area contributed by atoms with E-state index in [9.17, 15) is 0 Å². The number of rotatable bonds is 7. The Kier molecular flexibility index (Phi) is 8.42. The van der Waals surface area contributed by atoms with Crippen molar-refractivity contribution in [1.82, 2.24) is 0 Å². The highest BCUT2D eigenvalue weighted by atomic mass is 32.1. The molecule has 0 aliphatic carbocycles. The Morgan fingerprint density at radius 3 is 1.45 bits per heavy atom. The highest BCUT2D eigenvalue weighted by molar-refractivity contribution is 7.25. The molecular formula is C56H37NS. The molecule has 0 aliphatic rings. The number of hydrogen-bond donors (Lipinski definition) is 0. The number of hydrogen-bond acceptors (Lipinski definition) is 2. The first-order valence-electron chi connectivity index (χ1n) is 19.8. The average molecular weight is 756 g/mol. The van der Waals surface area contributed by atoms with E-state index in [0.29, 0.717) is 0 Å². The molecule has 0 amide bonds. The molecule has 0 bridgehead atoms. The topological polar surface area (TPSA) is 3.24 Å². The Morgan fingerprint density at radius 1 is 0.276 bits per heavy atom. The minimum absolute atomic E-state index is 1.10. The first-order chi connectivity index (χ1) is 28.8. The molecule has 11 aromatic rings. The molecule has 0 radical (unpaired) electrons. The standard InChI is InChI=1S/C56H37NS/c1-3-17-45-38(13-1)15-11-23-46(45)40-27-32-43(33-28-40)57(54-25-9-7-20-49(54)42-31-36-53-52-22-8-10-26-55(52)58-56(53)37-42)44-34-29-41(30-35-44)48-19-5-6-21-50(48)51-24-12-16-39-14-2-4-18-47(39)51/h1-37H. The van der Waals surface area contributed by atoms with Crippen LogP contribution >= 0.6 is 11.3 Å². The number of fused-ring (bicyclic) bond motifs is 5. The molecule has 1 nitrogen and oxygen atoms in total. The second kappa shape index (κ2) is 14.4. The van der Waals surface area contributed by atoms with E-state index in [4.69, 9.17) is 0 Å². The van der Waals surface area contributed by atoms with Crippen molar-refractivity contribution in [2.24, 2.45) is 0 Å². The Hall–Kier alpha value is -7.26. The summed E-state index contributed by atoms with van der Waals surface area (Å²) in [4.78, 5) is 2.41. The maximum Gasteiger partial charge on any atom is 0.0540 e. The number of para-hydroxylation sites is 1. The Bertz CT molecular complexity index is 3270. The first kappa shape index (κ1) is 34.0.